The normalized spacial score (nSPS) is 29.9. The Hall–Kier alpha value is -0.860. The quantitative estimate of drug-likeness (QED) is 0.787. The summed E-state index contributed by atoms with van der Waals surface area (Å²) in [6, 6.07) is 8.61. The van der Waals surface area contributed by atoms with Gasteiger partial charge in [0.25, 0.3) is 0 Å². The second kappa shape index (κ2) is 3.95. The van der Waals surface area contributed by atoms with Crippen molar-refractivity contribution in [3.05, 3.63) is 35.4 Å². The highest BCUT2D eigenvalue weighted by Crippen LogP contribution is 2.43. The van der Waals surface area contributed by atoms with Gasteiger partial charge in [-0.05, 0) is 30.4 Å². The molecule has 0 spiro atoms. The van der Waals surface area contributed by atoms with Crippen LogP contribution in [0.3, 0.4) is 0 Å². The molecule has 1 aliphatic carbocycles. The first-order valence-electron chi connectivity index (χ1n) is 5.68. The van der Waals surface area contributed by atoms with Crippen molar-refractivity contribution < 1.29 is 5.11 Å². The minimum Gasteiger partial charge on any atom is -0.393 e. The van der Waals surface area contributed by atoms with Crippen LogP contribution >= 0.6 is 0 Å². The Morgan fingerprint density at radius 1 is 1.47 bits per heavy atom. The largest absolute Gasteiger partial charge is 0.393 e. The lowest BCUT2D eigenvalue weighted by atomic mass is 9.62. The Kier molecular flexibility index (Phi) is 2.81. The number of aliphatic hydroxyl groups excluding tert-OH is 1. The van der Waals surface area contributed by atoms with Gasteiger partial charge in [0, 0.05) is 12.0 Å². The summed E-state index contributed by atoms with van der Waals surface area (Å²) < 4.78 is 0. The Morgan fingerprint density at radius 2 is 2.20 bits per heavy atom. The second-order valence-corrected chi connectivity index (χ2v) is 4.60. The molecule has 1 fully saturated rings. The maximum absolute atomic E-state index is 9.45. The number of aryl methyl sites for hydroxylation is 1. The maximum Gasteiger partial charge on any atom is 0.0558 e. The molecule has 82 valence electrons. The summed E-state index contributed by atoms with van der Waals surface area (Å²) in [5, 5.41) is 9.45. The number of hydrogen-bond acceptors (Lipinski definition) is 2. The van der Waals surface area contributed by atoms with Gasteiger partial charge in [-0.25, -0.2) is 0 Å². The Morgan fingerprint density at radius 3 is 2.73 bits per heavy atom. The lowest BCUT2D eigenvalue weighted by Crippen LogP contribution is -2.49. The molecule has 1 aromatic carbocycles. The average Bonchev–Trinajstić information content (AvgIpc) is 2.24. The molecule has 0 amide bonds. The van der Waals surface area contributed by atoms with Crippen LogP contribution in [0.1, 0.15) is 30.9 Å². The van der Waals surface area contributed by atoms with Gasteiger partial charge in [0.05, 0.1) is 6.10 Å². The number of aliphatic hydroxyl groups is 1. The van der Waals surface area contributed by atoms with Crippen LogP contribution < -0.4 is 5.73 Å². The molecule has 1 aromatic rings. The average molecular weight is 205 g/mol. The molecule has 2 nitrogen and oxygen atoms in total. The standard InChI is InChI=1S/C13H19NO/c1-2-10-4-3-5-11(6-10)13(9-14)7-12(15)8-13/h3-6,12,15H,2,7-9,14H2,1H3. The second-order valence-electron chi connectivity index (χ2n) is 4.60. The van der Waals surface area contributed by atoms with Gasteiger partial charge < -0.3 is 10.8 Å². The molecule has 0 saturated heterocycles. The monoisotopic (exact) mass is 205 g/mol. The van der Waals surface area contributed by atoms with E-state index in [9.17, 15) is 5.11 Å². The van der Waals surface area contributed by atoms with Crippen molar-refractivity contribution in [2.45, 2.75) is 37.7 Å². The Bertz CT molecular complexity index is 342. The van der Waals surface area contributed by atoms with E-state index < -0.39 is 0 Å². The predicted molar refractivity (Wildman–Crippen MR) is 61.8 cm³/mol. The lowest BCUT2D eigenvalue weighted by molar-refractivity contribution is 0.0221. The molecule has 0 radical (unpaired) electrons. The fraction of sp³-hybridized carbons (Fsp3) is 0.538. The van der Waals surface area contributed by atoms with E-state index in [4.69, 9.17) is 5.73 Å². The van der Waals surface area contributed by atoms with E-state index in [0.29, 0.717) is 6.54 Å². The summed E-state index contributed by atoms with van der Waals surface area (Å²) in [5.74, 6) is 0. The summed E-state index contributed by atoms with van der Waals surface area (Å²) in [7, 11) is 0. The van der Waals surface area contributed by atoms with Crippen molar-refractivity contribution in [1.82, 2.24) is 0 Å². The molecule has 15 heavy (non-hydrogen) atoms. The van der Waals surface area contributed by atoms with E-state index in [0.717, 1.165) is 19.3 Å². The molecule has 0 aliphatic heterocycles. The molecule has 0 heterocycles. The molecule has 1 aliphatic rings. The number of rotatable bonds is 3. The smallest absolute Gasteiger partial charge is 0.0558 e. The molecule has 2 rings (SSSR count). The molecule has 1 saturated carbocycles. The van der Waals surface area contributed by atoms with Gasteiger partial charge in [-0.1, -0.05) is 31.2 Å². The highest BCUT2D eigenvalue weighted by Gasteiger charge is 2.43. The third kappa shape index (κ3) is 1.80. The van der Waals surface area contributed by atoms with E-state index in [1.807, 2.05) is 0 Å². The van der Waals surface area contributed by atoms with E-state index in [-0.39, 0.29) is 11.5 Å². The van der Waals surface area contributed by atoms with E-state index in [1.54, 1.807) is 0 Å². The van der Waals surface area contributed by atoms with Crippen LogP contribution in [-0.2, 0) is 11.8 Å². The van der Waals surface area contributed by atoms with E-state index in [1.165, 1.54) is 11.1 Å². The van der Waals surface area contributed by atoms with Crippen molar-refractivity contribution >= 4 is 0 Å². The summed E-state index contributed by atoms with van der Waals surface area (Å²) >= 11 is 0. The fourth-order valence-electron chi connectivity index (χ4n) is 2.48. The summed E-state index contributed by atoms with van der Waals surface area (Å²) in [5.41, 5.74) is 8.54. The van der Waals surface area contributed by atoms with Gasteiger partial charge in [0.15, 0.2) is 0 Å². The zero-order chi connectivity index (χ0) is 10.9. The van der Waals surface area contributed by atoms with Gasteiger partial charge >= 0.3 is 0 Å². The first-order valence-corrected chi connectivity index (χ1v) is 5.68. The van der Waals surface area contributed by atoms with Crippen molar-refractivity contribution in [2.24, 2.45) is 5.73 Å². The van der Waals surface area contributed by atoms with Crippen molar-refractivity contribution in [1.29, 1.82) is 0 Å². The molecule has 0 atom stereocenters. The topological polar surface area (TPSA) is 46.2 Å². The first-order chi connectivity index (χ1) is 7.20. The zero-order valence-corrected chi connectivity index (χ0v) is 9.24. The van der Waals surface area contributed by atoms with Gasteiger partial charge in [-0.2, -0.15) is 0 Å². The van der Waals surface area contributed by atoms with Gasteiger partial charge in [0.2, 0.25) is 0 Å². The molecular weight excluding hydrogens is 186 g/mol. The van der Waals surface area contributed by atoms with Gasteiger partial charge in [-0.15, -0.1) is 0 Å². The van der Waals surface area contributed by atoms with Crippen LogP contribution in [0, 0.1) is 0 Å². The van der Waals surface area contributed by atoms with Gasteiger partial charge in [0.1, 0.15) is 0 Å². The fourth-order valence-corrected chi connectivity index (χ4v) is 2.48. The molecule has 0 unspecified atom stereocenters. The summed E-state index contributed by atoms with van der Waals surface area (Å²) in [4.78, 5) is 0. The molecule has 0 aromatic heterocycles. The number of benzene rings is 1. The third-order valence-corrected chi connectivity index (χ3v) is 3.59. The number of hydrogen-bond donors (Lipinski definition) is 2. The van der Waals surface area contributed by atoms with Crippen LogP contribution in [0.4, 0.5) is 0 Å². The maximum atomic E-state index is 9.45. The summed E-state index contributed by atoms with van der Waals surface area (Å²) in [6.07, 6.45) is 2.53. The SMILES string of the molecule is CCc1cccc(C2(CN)CC(O)C2)c1. The summed E-state index contributed by atoms with van der Waals surface area (Å²) in [6.45, 7) is 2.79. The predicted octanol–water partition coefficient (Wildman–Crippen LogP) is 1.60. The van der Waals surface area contributed by atoms with Crippen molar-refractivity contribution in [2.75, 3.05) is 6.54 Å². The molecule has 2 heteroatoms. The molecule has 0 bridgehead atoms. The minimum absolute atomic E-state index is 0.0462. The van der Waals surface area contributed by atoms with Crippen LogP contribution in [0.15, 0.2) is 24.3 Å². The van der Waals surface area contributed by atoms with E-state index in [2.05, 4.69) is 31.2 Å². The highest BCUT2D eigenvalue weighted by molar-refractivity contribution is 5.33. The van der Waals surface area contributed by atoms with Crippen LogP contribution in [-0.4, -0.2) is 17.8 Å². The van der Waals surface area contributed by atoms with Crippen molar-refractivity contribution in [3.8, 4) is 0 Å². The Labute approximate surface area is 91.1 Å². The van der Waals surface area contributed by atoms with Crippen LogP contribution in [0.2, 0.25) is 0 Å². The van der Waals surface area contributed by atoms with Gasteiger partial charge in [-0.3, -0.25) is 0 Å². The third-order valence-electron chi connectivity index (χ3n) is 3.59. The number of nitrogens with two attached hydrogens (primary N) is 1. The van der Waals surface area contributed by atoms with E-state index >= 15 is 0 Å². The molecule has 3 N–H and O–H groups in total. The molecular formula is C13H19NO. The minimum atomic E-state index is -0.154. The van der Waals surface area contributed by atoms with Crippen LogP contribution in [0.25, 0.3) is 0 Å². The Balaban J connectivity index is 2.27. The van der Waals surface area contributed by atoms with Crippen LogP contribution in [0.5, 0.6) is 0 Å². The lowest BCUT2D eigenvalue weighted by Gasteiger charge is -2.45. The highest BCUT2D eigenvalue weighted by atomic mass is 16.3. The first kappa shape index (κ1) is 10.7. The zero-order valence-electron chi connectivity index (χ0n) is 9.24. The van der Waals surface area contributed by atoms with Crippen molar-refractivity contribution in [3.63, 3.8) is 0 Å².